The third kappa shape index (κ3) is 9.37. The van der Waals surface area contributed by atoms with E-state index in [0.717, 1.165) is 28.6 Å². The maximum atomic E-state index is 13.0. The minimum Gasteiger partial charge on any atom is -0.477 e. The molecule has 2 N–H and O–H groups in total. The number of benzene rings is 2. The Labute approximate surface area is 251 Å². The van der Waals surface area contributed by atoms with Gasteiger partial charge in [0.1, 0.15) is 6.04 Å². The maximum Gasteiger partial charge on any atom is 0.247 e. The summed E-state index contributed by atoms with van der Waals surface area (Å²) in [6.45, 7) is 9.80. The van der Waals surface area contributed by atoms with Crippen LogP contribution >= 0.6 is 11.6 Å². The average molecular weight is 723 g/mol. The third-order valence-corrected chi connectivity index (χ3v) is 6.17. The van der Waals surface area contributed by atoms with Gasteiger partial charge in [-0.05, 0) is 44.0 Å². The molecule has 4 rings (SSSR count). The summed E-state index contributed by atoms with van der Waals surface area (Å²) in [5.74, 6) is -0.370. The van der Waals surface area contributed by atoms with Crippen molar-refractivity contribution in [2.45, 2.75) is 39.7 Å². The van der Waals surface area contributed by atoms with E-state index in [-0.39, 0.29) is 32.2 Å². The van der Waals surface area contributed by atoms with Crippen molar-refractivity contribution in [3.63, 3.8) is 0 Å². The van der Waals surface area contributed by atoms with E-state index in [1.165, 1.54) is 6.08 Å². The minimum absolute atomic E-state index is 0. The molecule has 2 amide bonds. The molecule has 39 heavy (non-hydrogen) atoms. The summed E-state index contributed by atoms with van der Waals surface area (Å²) >= 11 is 6.20. The average Bonchev–Trinajstić information content (AvgIpc) is 3.58. The van der Waals surface area contributed by atoms with E-state index in [0.29, 0.717) is 23.7 Å². The first-order valence-corrected chi connectivity index (χ1v) is 13.2. The van der Waals surface area contributed by atoms with E-state index < -0.39 is 6.04 Å². The minimum atomic E-state index is -0.501. The van der Waals surface area contributed by atoms with Gasteiger partial charge in [-0.1, -0.05) is 43.7 Å². The van der Waals surface area contributed by atoms with Crippen LogP contribution in [-0.4, -0.2) is 60.4 Å². The number of carbonyl (C=O) groups excluding carboxylic acids is 2. The van der Waals surface area contributed by atoms with Crippen LogP contribution in [0.25, 0.3) is 17.0 Å². The molecule has 1 aromatic heterocycles. The zero-order valence-corrected chi connectivity index (χ0v) is 27.1. The summed E-state index contributed by atoms with van der Waals surface area (Å²) < 4.78 is 0. The van der Waals surface area contributed by atoms with Crippen molar-refractivity contribution in [1.29, 1.82) is 0 Å². The molecule has 0 saturated carbocycles. The molecule has 1 aliphatic rings. The fourth-order valence-electron chi connectivity index (χ4n) is 4.02. The molecule has 1 atom stereocenters. The summed E-state index contributed by atoms with van der Waals surface area (Å²) in [6.07, 6.45) is 9.38. The molecule has 1 fully saturated rings. The molecule has 3 aromatic rings. The summed E-state index contributed by atoms with van der Waals surface area (Å²) in [5, 5.41) is 8.41. The number of aromatic nitrogens is 1. The van der Waals surface area contributed by atoms with Crippen LogP contribution in [0.5, 0.6) is 0 Å². The Balaban J connectivity index is 0.00000119. The maximum absolute atomic E-state index is 13.0. The van der Waals surface area contributed by atoms with E-state index in [9.17, 15) is 9.59 Å². The Kier molecular flexibility index (Phi) is 14.8. The van der Waals surface area contributed by atoms with E-state index in [4.69, 9.17) is 11.6 Å². The molecular formula is C30H39ClN5O2Re-. The van der Waals surface area contributed by atoms with Crippen LogP contribution in [0.4, 0.5) is 11.4 Å². The number of likely N-dealkylation sites (tertiary alicyclic amines) is 1. The molecule has 2 heterocycles. The second-order valence-corrected chi connectivity index (χ2v) is 9.15. The molecule has 1 saturated heterocycles. The van der Waals surface area contributed by atoms with Gasteiger partial charge in [0, 0.05) is 70.5 Å². The molecule has 9 heteroatoms. The number of allylic oxidation sites excluding steroid dienone is 1. The number of aromatic amines is 1. The first-order chi connectivity index (χ1) is 18.2. The number of amides is 2. The predicted octanol–water partition coefficient (Wildman–Crippen LogP) is 6.39. The van der Waals surface area contributed by atoms with Gasteiger partial charge in [-0.15, -0.1) is 24.4 Å². The van der Waals surface area contributed by atoms with Crippen molar-refractivity contribution >= 4 is 51.8 Å². The Morgan fingerprint density at radius 1 is 1.18 bits per heavy atom. The van der Waals surface area contributed by atoms with Gasteiger partial charge >= 0.3 is 0 Å². The SMILES string of the molecule is C=CC.CC.CN(C)N(C)c1ccc(Cl)cc1/C=C/C(=O)N1CCC[C@H]1C(=O)Nc1ccc2[nH][c-]cc2c1.[Re]. The van der Waals surface area contributed by atoms with Crippen molar-refractivity contribution in [2.24, 2.45) is 0 Å². The Bertz CT molecular complexity index is 1260. The number of nitrogens with one attached hydrogen (secondary N) is 2. The fourth-order valence-corrected chi connectivity index (χ4v) is 4.20. The van der Waals surface area contributed by atoms with Crippen molar-refractivity contribution < 1.29 is 30.0 Å². The first-order valence-electron chi connectivity index (χ1n) is 12.8. The van der Waals surface area contributed by atoms with Gasteiger partial charge in [0.25, 0.3) is 0 Å². The van der Waals surface area contributed by atoms with Crippen LogP contribution in [0, 0.1) is 6.20 Å². The van der Waals surface area contributed by atoms with Crippen LogP contribution in [0.3, 0.4) is 0 Å². The van der Waals surface area contributed by atoms with E-state index in [1.54, 1.807) is 17.1 Å². The zero-order valence-electron chi connectivity index (χ0n) is 23.6. The van der Waals surface area contributed by atoms with Crippen LogP contribution < -0.4 is 10.3 Å². The van der Waals surface area contributed by atoms with Gasteiger partial charge in [-0.2, -0.15) is 11.5 Å². The number of halogens is 1. The molecule has 1 radical (unpaired) electrons. The van der Waals surface area contributed by atoms with Gasteiger partial charge in [0.2, 0.25) is 11.8 Å². The third-order valence-electron chi connectivity index (χ3n) is 5.94. The molecule has 0 spiro atoms. The standard InChI is InChI=1S/C25H27ClN5O2.C3H6.C2H6.Re/c1-29(2)30(3)22-10-7-19(26)15-18(22)6-11-24(32)31-14-4-5-23(31)25(33)28-20-8-9-21-17(16-20)12-13-27-21;1-3-2;1-2;/h6-12,15-16,23,27H,4-5,14H2,1-3H3,(H,28,33);3H,1H2,2H3;1-2H3;/q-1;;;/b11-6+;;;/t23-;;;/m0.../s1. The number of hydrogen-bond donors (Lipinski definition) is 2. The summed E-state index contributed by atoms with van der Waals surface area (Å²) in [7, 11) is 5.81. The number of anilines is 2. The quantitative estimate of drug-likeness (QED) is 0.134. The number of fused-ring (bicyclic) bond motifs is 1. The Morgan fingerprint density at radius 3 is 2.54 bits per heavy atom. The molecule has 0 unspecified atom stereocenters. The zero-order chi connectivity index (χ0) is 28.2. The summed E-state index contributed by atoms with van der Waals surface area (Å²) in [5.41, 5.74) is 3.40. The number of H-pyrrole nitrogens is 1. The normalized spacial score (nSPS) is 14.2. The van der Waals surface area contributed by atoms with Crippen molar-refractivity contribution in [2.75, 3.05) is 38.0 Å². The molecule has 211 valence electrons. The van der Waals surface area contributed by atoms with Crippen LogP contribution in [-0.2, 0) is 30.0 Å². The van der Waals surface area contributed by atoms with Gasteiger partial charge in [0.15, 0.2) is 0 Å². The molecule has 0 aliphatic carbocycles. The van der Waals surface area contributed by atoms with E-state index in [2.05, 4.69) is 23.1 Å². The second kappa shape index (κ2) is 16.9. The number of rotatable bonds is 6. The van der Waals surface area contributed by atoms with Gasteiger partial charge in [-0.3, -0.25) is 9.59 Å². The predicted molar refractivity (Wildman–Crippen MR) is 160 cm³/mol. The fraction of sp³-hybridized carbons (Fsp3) is 0.333. The summed E-state index contributed by atoms with van der Waals surface area (Å²) in [6, 6.07) is 12.5. The smallest absolute Gasteiger partial charge is 0.247 e. The summed E-state index contributed by atoms with van der Waals surface area (Å²) in [4.78, 5) is 30.6. The second-order valence-electron chi connectivity index (χ2n) is 8.71. The number of hydrogen-bond acceptors (Lipinski definition) is 4. The first kappa shape index (κ1) is 34.1. The topological polar surface area (TPSA) is 71.7 Å². The molecule has 0 bridgehead atoms. The largest absolute Gasteiger partial charge is 0.477 e. The van der Waals surface area contributed by atoms with Crippen LogP contribution in [0.15, 0.2) is 61.2 Å². The molecular weight excluding hydrogens is 684 g/mol. The molecule has 7 nitrogen and oxygen atoms in total. The van der Waals surface area contributed by atoms with Gasteiger partial charge < -0.3 is 20.2 Å². The van der Waals surface area contributed by atoms with E-state index >= 15 is 0 Å². The van der Waals surface area contributed by atoms with Crippen LogP contribution in [0.2, 0.25) is 5.02 Å². The van der Waals surface area contributed by atoms with Crippen molar-refractivity contribution in [3.8, 4) is 0 Å². The van der Waals surface area contributed by atoms with Gasteiger partial charge in [-0.25, -0.2) is 5.01 Å². The monoisotopic (exact) mass is 723 g/mol. The Hall–Kier alpha value is -2.89. The molecule has 1 aliphatic heterocycles. The number of carbonyl (C=O) groups is 2. The number of hydrazine groups is 1. The van der Waals surface area contributed by atoms with Gasteiger partial charge in [0.05, 0.1) is 5.69 Å². The number of nitrogens with zero attached hydrogens (tertiary/aromatic N) is 3. The van der Waals surface area contributed by atoms with Crippen molar-refractivity contribution in [1.82, 2.24) is 14.9 Å². The molecule has 2 aromatic carbocycles. The van der Waals surface area contributed by atoms with Crippen LogP contribution in [0.1, 0.15) is 39.2 Å². The van der Waals surface area contributed by atoms with E-state index in [1.807, 2.05) is 94.4 Å². The Morgan fingerprint density at radius 2 is 1.87 bits per heavy atom. The van der Waals surface area contributed by atoms with Crippen molar-refractivity contribution in [3.05, 3.63) is 78.0 Å².